The third kappa shape index (κ3) is 7.56. The van der Waals surface area contributed by atoms with Gasteiger partial charge in [-0.15, -0.1) is 0 Å². The Kier molecular flexibility index (Phi) is 9.83. The third-order valence-corrected chi connectivity index (χ3v) is 3.43. The molecule has 0 aliphatic carbocycles. The molecule has 1 amide bonds. The zero-order chi connectivity index (χ0) is 10.8. The predicted molar refractivity (Wildman–Crippen MR) is 68.0 cm³/mol. The molecule has 0 bridgehead atoms. The summed E-state index contributed by atoms with van der Waals surface area (Å²) in [5.74, 6) is 1.02. The fourth-order valence-electron chi connectivity index (χ4n) is 1.04. The quantitative estimate of drug-likeness (QED) is 0.390. The summed E-state index contributed by atoms with van der Waals surface area (Å²) >= 11 is 5.48. The topological polar surface area (TPSA) is 20.3 Å². The molecule has 0 saturated carbocycles. The maximum Gasteiger partial charge on any atom is 0.288 e. The smallest absolute Gasteiger partial charge is 0.277 e. The molecule has 0 rings (SSSR count). The molecule has 84 valence electrons. The van der Waals surface area contributed by atoms with Crippen molar-refractivity contribution in [1.29, 1.82) is 0 Å². The minimum absolute atomic E-state index is 0.109. The lowest BCUT2D eigenvalue weighted by Crippen LogP contribution is -2.20. The summed E-state index contributed by atoms with van der Waals surface area (Å²) in [5, 5.41) is -0.109. The van der Waals surface area contributed by atoms with Crippen molar-refractivity contribution in [2.24, 2.45) is 0 Å². The molecule has 0 aromatic heterocycles. The second-order valence-corrected chi connectivity index (χ2v) is 4.77. The molecule has 0 aliphatic heterocycles. The van der Waals surface area contributed by atoms with E-state index in [1.165, 1.54) is 19.3 Å². The number of hydrogen-bond acceptors (Lipinski definition) is 2. The van der Waals surface area contributed by atoms with E-state index in [0.29, 0.717) is 0 Å². The zero-order valence-corrected chi connectivity index (χ0v) is 10.9. The predicted octanol–water partition coefficient (Wildman–Crippen LogP) is 3.98. The van der Waals surface area contributed by atoms with Crippen LogP contribution in [0.25, 0.3) is 0 Å². The van der Waals surface area contributed by atoms with Crippen LogP contribution in [0.5, 0.6) is 0 Å². The Labute approximate surface area is 97.4 Å². The summed E-state index contributed by atoms with van der Waals surface area (Å²) in [6, 6.07) is 0. The van der Waals surface area contributed by atoms with E-state index in [1.807, 2.05) is 0 Å². The van der Waals surface area contributed by atoms with Crippen LogP contribution in [-0.2, 0) is 0 Å². The van der Waals surface area contributed by atoms with E-state index < -0.39 is 0 Å². The van der Waals surface area contributed by atoms with E-state index in [2.05, 4.69) is 26.5 Å². The second-order valence-electron chi connectivity index (χ2n) is 3.28. The van der Waals surface area contributed by atoms with Gasteiger partial charge >= 0.3 is 0 Å². The van der Waals surface area contributed by atoms with Crippen molar-refractivity contribution in [3.63, 3.8) is 0 Å². The standard InChI is InChI=1S/C10H21NOS2/c1-3-5-7-8-11(10(12)13)14-9-6-4-2/h3-9H2,1-2H3,(H,12,13). The Morgan fingerprint density at radius 2 is 1.86 bits per heavy atom. The van der Waals surface area contributed by atoms with E-state index in [-0.39, 0.29) is 5.24 Å². The average molecular weight is 235 g/mol. The molecule has 14 heavy (non-hydrogen) atoms. The number of carbonyl (C=O) groups is 1. The van der Waals surface area contributed by atoms with Gasteiger partial charge < -0.3 is 0 Å². The van der Waals surface area contributed by atoms with Crippen molar-refractivity contribution >= 4 is 29.8 Å². The molecule has 0 heterocycles. The molecule has 0 fully saturated rings. The van der Waals surface area contributed by atoms with Gasteiger partial charge in [0.2, 0.25) is 0 Å². The van der Waals surface area contributed by atoms with Gasteiger partial charge in [0.15, 0.2) is 0 Å². The Morgan fingerprint density at radius 3 is 2.36 bits per heavy atom. The van der Waals surface area contributed by atoms with Gasteiger partial charge in [0.1, 0.15) is 0 Å². The Balaban J connectivity index is 3.61. The maximum absolute atomic E-state index is 11.1. The fraction of sp³-hybridized carbons (Fsp3) is 0.900. The van der Waals surface area contributed by atoms with Gasteiger partial charge in [0.25, 0.3) is 5.24 Å². The summed E-state index contributed by atoms with van der Waals surface area (Å²) in [7, 11) is 0. The number of amides is 1. The largest absolute Gasteiger partial charge is 0.288 e. The second kappa shape index (κ2) is 9.71. The zero-order valence-electron chi connectivity index (χ0n) is 9.16. The summed E-state index contributed by atoms with van der Waals surface area (Å²) < 4.78 is 1.77. The van der Waals surface area contributed by atoms with Gasteiger partial charge in [-0.05, 0) is 24.8 Å². The summed E-state index contributed by atoms with van der Waals surface area (Å²) in [6.45, 7) is 5.16. The van der Waals surface area contributed by atoms with Crippen LogP contribution in [0, 0.1) is 0 Å². The molecule has 0 spiro atoms. The molecule has 0 radical (unpaired) electrons. The number of thiol groups is 1. The summed E-state index contributed by atoms with van der Waals surface area (Å²) in [5.41, 5.74) is 0. The highest BCUT2D eigenvalue weighted by atomic mass is 32.2. The highest BCUT2D eigenvalue weighted by Gasteiger charge is 2.08. The molecule has 4 heteroatoms. The van der Waals surface area contributed by atoms with Crippen LogP contribution in [0.15, 0.2) is 0 Å². The van der Waals surface area contributed by atoms with E-state index in [1.54, 1.807) is 16.3 Å². The molecule has 0 saturated heterocycles. The first-order valence-electron chi connectivity index (χ1n) is 5.35. The highest BCUT2D eigenvalue weighted by Crippen LogP contribution is 2.16. The van der Waals surface area contributed by atoms with Crippen molar-refractivity contribution in [3.05, 3.63) is 0 Å². The third-order valence-electron chi connectivity index (χ3n) is 1.92. The number of carbonyl (C=O) groups excluding carboxylic acids is 1. The number of nitrogens with zero attached hydrogens (tertiary/aromatic N) is 1. The Morgan fingerprint density at radius 1 is 1.21 bits per heavy atom. The molecule has 0 N–H and O–H groups in total. The molecule has 2 nitrogen and oxygen atoms in total. The lowest BCUT2D eigenvalue weighted by molar-refractivity contribution is 0.248. The molecule has 0 aromatic rings. The van der Waals surface area contributed by atoms with Gasteiger partial charge in [0.05, 0.1) is 0 Å². The van der Waals surface area contributed by atoms with Gasteiger partial charge in [0, 0.05) is 12.3 Å². The highest BCUT2D eigenvalue weighted by molar-refractivity contribution is 8.02. The summed E-state index contributed by atoms with van der Waals surface area (Å²) in [4.78, 5) is 11.1. The average Bonchev–Trinajstić information content (AvgIpc) is 2.15. The van der Waals surface area contributed by atoms with Crippen LogP contribution in [0.4, 0.5) is 4.79 Å². The SMILES string of the molecule is CCCCCN(SCCCC)C(=O)S. The fourth-order valence-corrected chi connectivity index (χ4v) is 2.32. The Bertz CT molecular complexity index is 143. The van der Waals surface area contributed by atoms with Crippen LogP contribution in [-0.4, -0.2) is 21.8 Å². The molecule has 0 aromatic carbocycles. The van der Waals surface area contributed by atoms with Crippen molar-refractivity contribution < 1.29 is 4.79 Å². The molecule has 0 aliphatic rings. The molecular formula is C10H21NOS2. The van der Waals surface area contributed by atoms with Crippen molar-refractivity contribution in [2.45, 2.75) is 46.0 Å². The van der Waals surface area contributed by atoms with Gasteiger partial charge in [-0.3, -0.25) is 9.10 Å². The lowest BCUT2D eigenvalue weighted by Gasteiger charge is -2.18. The monoisotopic (exact) mass is 235 g/mol. The van der Waals surface area contributed by atoms with Gasteiger partial charge in [-0.25, -0.2) is 0 Å². The normalized spacial score (nSPS) is 10.2. The van der Waals surface area contributed by atoms with Gasteiger partial charge in [-0.1, -0.05) is 45.7 Å². The number of unbranched alkanes of at least 4 members (excludes halogenated alkanes) is 3. The first-order chi connectivity index (χ1) is 6.72. The van der Waals surface area contributed by atoms with E-state index in [4.69, 9.17) is 0 Å². The van der Waals surface area contributed by atoms with Gasteiger partial charge in [-0.2, -0.15) is 0 Å². The van der Waals surface area contributed by atoms with E-state index in [0.717, 1.165) is 25.1 Å². The lowest BCUT2D eigenvalue weighted by atomic mass is 10.2. The first-order valence-corrected chi connectivity index (χ1v) is 6.74. The van der Waals surface area contributed by atoms with E-state index >= 15 is 0 Å². The van der Waals surface area contributed by atoms with Crippen LogP contribution >= 0.6 is 24.6 Å². The van der Waals surface area contributed by atoms with Crippen LogP contribution < -0.4 is 0 Å². The minimum Gasteiger partial charge on any atom is -0.277 e. The number of rotatable bonds is 8. The minimum atomic E-state index is -0.109. The van der Waals surface area contributed by atoms with Crippen LogP contribution in [0.1, 0.15) is 46.0 Å². The molecule has 0 atom stereocenters. The number of hydrogen-bond donors (Lipinski definition) is 1. The molecule has 0 unspecified atom stereocenters. The van der Waals surface area contributed by atoms with Crippen molar-refractivity contribution in [3.8, 4) is 0 Å². The van der Waals surface area contributed by atoms with E-state index in [9.17, 15) is 4.79 Å². The van der Waals surface area contributed by atoms with Crippen molar-refractivity contribution in [1.82, 2.24) is 4.31 Å². The first kappa shape index (κ1) is 14.2. The van der Waals surface area contributed by atoms with Crippen molar-refractivity contribution in [2.75, 3.05) is 12.3 Å². The maximum atomic E-state index is 11.1. The summed E-state index contributed by atoms with van der Waals surface area (Å²) in [6.07, 6.45) is 5.80. The Hall–Kier alpha value is 0.170. The van der Waals surface area contributed by atoms with Crippen LogP contribution in [0.3, 0.4) is 0 Å². The molecular weight excluding hydrogens is 214 g/mol. The van der Waals surface area contributed by atoms with Crippen LogP contribution in [0.2, 0.25) is 0 Å².